The summed E-state index contributed by atoms with van der Waals surface area (Å²) in [5, 5.41) is 10.3. The van der Waals surface area contributed by atoms with Crippen LogP contribution in [-0.4, -0.2) is 18.0 Å². The minimum absolute atomic E-state index is 0.298. The number of ether oxygens (including phenoxy) is 1. The predicted octanol–water partition coefficient (Wildman–Crippen LogP) is 2.79. The van der Waals surface area contributed by atoms with E-state index in [9.17, 15) is 14.9 Å². The lowest BCUT2D eigenvalue weighted by Crippen LogP contribution is -2.05. The number of esters is 1. The van der Waals surface area contributed by atoms with Crippen LogP contribution in [0.3, 0.4) is 0 Å². The third-order valence-corrected chi connectivity index (χ3v) is 3.08. The van der Waals surface area contributed by atoms with Crippen molar-refractivity contribution in [2.45, 2.75) is 6.92 Å². The molecule has 90 valence electrons. The highest BCUT2D eigenvalue weighted by Gasteiger charge is 2.14. The molecule has 0 spiro atoms. The molecule has 0 aliphatic rings. The fourth-order valence-corrected chi connectivity index (χ4v) is 1.69. The Hall–Kier alpha value is -1.69. The van der Waals surface area contributed by atoms with Gasteiger partial charge in [-0.15, -0.1) is 0 Å². The normalized spacial score (nSPS) is 10.5. The highest BCUT2D eigenvalue weighted by molar-refractivity contribution is 9.10. The summed E-state index contributed by atoms with van der Waals surface area (Å²) < 4.78 is 5.39. The molecule has 0 saturated heterocycles. The van der Waals surface area contributed by atoms with Gasteiger partial charge >= 0.3 is 5.97 Å². The van der Waals surface area contributed by atoms with E-state index in [1.165, 1.54) is 13.2 Å². The highest BCUT2D eigenvalue weighted by atomic mass is 79.9. The molecular formula is C11H10BrNO4. The number of carbonyl (C=O) groups is 1. The largest absolute Gasteiger partial charge is 0.465 e. The van der Waals surface area contributed by atoms with Gasteiger partial charge in [-0.05, 0) is 30.2 Å². The third kappa shape index (κ3) is 3.13. The molecule has 1 aromatic carbocycles. The SMILES string of the molecule is COC(=O)c1ccc(Br)c(C)c1/C=C/[N+](=O)[O-]. The topological polar surface area (TPSA) is 69.4 Å². The molecule has 5 nitrogen and oxygen atoms in total. The third-order valence-electron chi connectivity index (χ3n) is 2.22. The Morgan fingerprint density at radius 2 is 2.18 bits per heavy atom. The number of methoxy groups -OCH3 is 1. The van der Waals surface area contributed by atoms with Gasteiger partial charge in [0.1, 0.15) is 0 Å². The van der Waals surface area contributed by atoms with Crippen LogP contribution in [0.1, 0.15) is 21.5 Å². The van der Waals surface area contributed by atoms with E-state index in [4.69, 9.17) is 0 Å². The van der Waals surface area contributed by atoms with Crippen LogP contribution < -0.4 is 0 Å². The van der Waals surface area contributed by atoms with Gasteiger partial charge in [0.25, 0.3) is 0 Å². The van der Waals surface area contributed by atoms with E-state index in [-0.39, 0.29) is 0 Å². The number of nitrogens with zero attached hydrogens (tertiary/aromatic N) is 1. The second kappa shape index (κ2) is 5.58. The Kier molecular flexibility index (Phi) is 4.39. The number of nitro groups is 1. The average molecular weight is 300 g/mol. The first-order valence-corrected chi connectivity index (χ1v) is 5.45. The number of carbonyl (C=O) groups excluding carboxylic acids is 1. The van der Waals surface area contributed by atoms with Crippen molar-refractivity contribution >= 4 is 28.0 Å². The number of halogens is 1. The summed E-state index contributed by atoms with van der Waals surface area (Å²) in [6.07, 6.45) is 2.08. The van der Waals surface area contributed by atoms with E-state index in [0.29, 0.717) is 11.1 Å². The molecule has 0 bridgehead atoms. The number of benzene rings is 1. The summed E-state index contributed by atoms with van der Waals surface area (Å²) in [6, 6.07) is 3.26. The molecule has 0 aliphatic heterocycles. The zero-order chi connectivity index (χ0) is 13.0. The van der Waals surface area contributed by atoms with Crippen molar-refractivity contribution in [3.63, 3.8) is 0 Å². The number of rotatable bonds is 3. The van der Waals surface area contributed by atoms with Crippen LogP contribution >= 0.6 is 15.9 Å². The van der Waals surface area contributed by atoms with Crippen LogP contribution in [0.2, 0.25) is 0 Å². The molecule has 0 N–H and O–H groups in total. The molecule has 0 radical (unpaired) electrons. The second-order valence-electron chi connectivity index (χ2n) is 3.23. The highest BCUT2D eigenvalue weighted by Crippen LogP contribution is 2.25. The van der Waals surface area contributed by atoms with E-state index in [1.54, 1.807) is 19.1 Å². The van der Waals surface area contributed by atoms with E-state index in [1.807, 2.05) is 0 Å². The van der Waals surface area contributed by atoms with Crippen molar-refractivity contribution in [2.24, 2.45) is 0 Å². The van der Waals surface area contributed by atoms with Crippen LogP contribution in [0.4, 0.5) is 0 Å². The Labute approximate surface area is 106 Å². The lowest BCUT2D eigenvalue weighted by atomic mass is 10.0. The Bertz CT molecular complexity index is 496. The lowest BCUT2D eigenvalue weighted by Gasteiger charge is -2.08. The first-order chi connectivity index (χ1) is 7.97. The Morgan fingerprint density at radius 3 is 2.71 bits per heavy atom. The molecular weight excluding hydrogens is 290 g/mol. The van der Waals surface area contributed by atoms with E-state index < -0.39 is 10.9 Å². The number of hydrogen-bond acceptors (Lipinski definition) is 4. The number of hydrogen-bond donors (Lipinski definition) is 0. The molecule has 0 amide bonds. The average Bonchev–Trinajstić information content (AvgIpc) is 2.29. The maximum atomic E-state index is 11.5. The zero-order valence-electron chi connectivity index (χ0n) is 9.27. The molecule has 0 aliphatic carbocycles. The van der Waals surface area contributed by atoms with Crippen molar-refractivity contribution in [3.05, 3.63) is 49.6 Å². The molecule has 6 heteroatoms. The fraction of sp³-hybridized carbons (Fsp3) is 0.182. The van der Waals surface area contributed by atoms with Crippen LogP contribution in [0, 0.1) is 17.0 Å². The summed E-state index contributed by atoms with van der Waals surface area (Å²) in [7, 11) is 1.26. The van der Waals surface area contributed by atoms with E-state index >= 15 is 0 Å². The molecule has 0 atom stereocenters. The van der Waals surface area contributed by atoms with Crippen molar-refractivity contribution in [1.82, 2.24) is 0 Å². The van der Waals surface area contributed by atoms with E-state index in [2.05, 4.69) is 20.7 Å². The molecule has 0 heterocycles. The fourth-order valence-electron chi connectivity index (χ4n) is 1.34. The van der Waals surface area contributed by atoms with Gasteiger partial charge in [-0.1, -0.05) is 15.9 Å². The quantitative estimate of drug-likeness (QED) is 0.489. The van der Waals surface area contributed by atoms with Crippen LogP contribution in [0.25, 0.3) is 6.08 Å². The minimum Gasteiger partial charge on any atom is -0.465 e. The molecule has 0 aromatic heterocycles. The summed E-state index contributed by atoms with van der Waals surface area (Å²) in [6.45, 7) is 1.76. The molecule has 0 unspecified atom stereocenters. The van der Waals surface area contributed by atoms with Crippen molar-refractivity contribution in [2.75, 3.05) is 7.11 Å². The zero-order valence-corrected chi connectivity index (χ0v) is 10.9. The van der Waals surface area contributed by atoms with Gasteiger partial charge < -0.3 is 4.74 Å². The summed E-state index contributed by atoms with van der Waals surface area (Å²) in [5.41, 5.74) is 1.51. The first kappa shape index (κ1) is 13.4. The van der Waals surface area contributed by atoms with Gasteiger partial charge in [-0.2, -0.15) is 0 Å². The van der Waals surface area contributed by atoms with Crippen molar-refractivity contribution in [1.29, 1.82) is 0 Å². The summed E-state index contributed by atoms with van der Waals surface area (Å²) >= 11 is 3.30. The van der Waals surface area contributed by atoms with Gasteiger partial charge in [-0.25, -0.2) is 4.79 Å². The van der Waals surface area contributed by atoms with Gasteiger partial charge in [0.2, 0.25) is 6.20 Å². The molecule has 17 heavy (non-hydrogen) atoms. The van der Waals surface area contributed by atoms with E-state index in [0.717, 1.165) is 16.2 Å². The van der Waals surface area contributed by atoms with Crippen LogP contribution in [0.15, 0.2) is 22.8 Å². The van der Waals surface area contributed by atoms with Crippen LogP contribution in [0.5, 0.6) is 0 Å². The second-order valence-corrected chi connectivity index (χ2v) is 4.08. The monoisotopic (exact) mass is 299 g/mol. The maximum absolute atomic E-state index is 11.5. The minimum atomic E-state index is -0.582. The lowest BCUT2D eigenvalue weighted by molar-refractivity contribution is -0.400. The summed E-state index contributed by atoms with van der Waals surface area (Å²) in [5.74, 6) is -0.524. The molecule has 1 rings (SSSR count). The Balaban J connectivity index is 3.36. The van der Waals surface area contributed by atoms with Crippen LogP contribution in [-0.2, 0) is 4.74 Å². The molecule has 0 saturated carbocycles. The van der Waals surface area contributed by atoms with Gasteiger partial charge in [0.05, 0.1) is 17.6 Å². The standard InChI is InChI=1S/C11H10BrNO4/c1-7-8(5-6-13(15)16)9(11(14)17-2)3-4-10(7)12/h3-6H,1-2H3/b6-5+. The molecule has 1 aromatic rings. The molecule has 0 fully saturated rings. The Morgan fingerprint density at radius 1 is 1.53 bits per heavy atom. The summed E-state index contributed by atoms with van der Waals surface area (Å²) in [4.78, 5) is 21.2. The van der Waals surface area contributed by atoms with Crippen molar-refractivity contribution in [3.8, 4) is 0 Å². The van der Waals surface area contributed by atoms with Gasteiger partial charge in [0, 0.05) is 10.5 Å². The maximum Gasteiger partial charge on any atom is 0.338 e. The predicted molar refractivity (Wildman–Crippen MR) is 66.2 cm³/mol. The van der Waals surface area contributed by atoms with Gasteiger partial charge in [-0.3, -0.25) is 10.1 Å². The first-order valence-electron chi connectivity index (χ1n) is 4.66. The van der Waals surface area contributed by atoms with Crippen molar-refractivity contribution < 1.29 is 14.5 Å². The van der Waals surface area contributed by atoms with Gasteiger partial charge in [0.15, 0.2) is 0 Å². The smallest absolute Gasteiger partial charge is 0.338 e.